The van der Waals surface area contributed by atoms with Crippen molar-refractivity contribution in [2.75, 3.05) is 20.7 Å². The van der Waals surface area contributed by atoms with Crippen LogP contribution >= 0.6 is 24.0 Å². The smallest absolute Gasteiger partial charge is 0.422 e. The molecule has 0 saturated heterocycles. The zero-order valence-corrected chi connectivity index (χ0v) is 17.7. The molecule has 10 heteroatoms. The number of aryl methyl sites for hydroxylation is 1. The molecule has 0 fully saturated rings. The van der Waals surface area contributed by atoms with Crippen molar-refractivity contribution >= 4 is 29.9 Å². The number of aromatic nitrogens is 2. The minimum atomic E-state index is -4.41. The van der Waals surface area contributed by atoms with Crippen LogP contribution in [0.4, 0.5) is 13.2 Å². The molecule has 150 valence electrons. The van der Waals surface area contributed by atoms with Crippen molar-refractivity contribution in [1.82, 2.24) is 19.8 Å². The predicted molar refractivity (Wildman–Crippen MR) is 108 cm³/mol. The first-order valence-electron chi connectivity index (χ1n) is 7.95. The Balaban J connectivity index is 0.00000364. The predicted octanol–water partition coefficient (Wildman–Crippen LogP) is 3.19. The molecule has 0 radical (unpaired) electrons. The third-order valence-corrected chi connectivity index (χ3v) is 3.68. The molecule has 0 aliphatic heterocycles. The van der Waals surface area contributed by atoms with Crippen molar-refractivity contribution in [2.45, 2.75) is 19.3 Å². The molecule has 0 atom stereocenters. The second-order valence-electron chi connectivity index (χ2n) is 5.74. The van der Waals surface area contributed by atoms with Gasteiger partial charge in [-0.25, -0.2) is 4.98 Å². The molecule has 0 aliphatic rings. The molecule has 0 bridgehead atoms. The Morgan fingerprint density at radius 1 is 1.33 bits per heavy atom. The first-order chi connectivity index (χ1) is 12.3. The van der Waals surface area contributed by atoms with Crippen LogP contribution in [-0.2, 0) is 20.1 Å². The maximum absolute atomic E-state index is 12.4. The molecule has 2 rings (SSSR count). The van der Waals surface area contributed by atoms with Crippen LogP contribution in [0.5, 0.6) is 5.88 Å². The number of rotatable bonds is 6. The Kier molecular flexibility index (Phi) is 8.86. The summed E-state index contributed by atoms with van der Waals surface area (Å²) in [4.78, 5) is 10.0. The summed E-state index contributed by atoms with van der Waals surface area (Å²) >= 11 is 0. The molecule has 27 heavy (non-hydrogen) atoms. The van der Waals surface area contributed by atoms with Crippen LogP contribution in [0.2, 0.25) is 0 Å². The average Bonchev–Trinajstić information content (AvgIpc) is 2.98. The summed E-state index contributed by atoms with van der Waals surface area (Å²) in [6.45, 7) is -0.502. The molecule has 2 aromatic heterocycles. The molecule has 1 N–H and O–H groups in total. The SMILES string of the molecule is CN=C(NCc1cccnc1OCC(F)(F)F)N(C)Cc1cccn1C.I. The van der Waals surface area contributed by atoms with Crippen LogP contribution in [-0.4, -0.2) is 47.3 Å². The largest absolute Gasteiger partial charge is 0.468 e. The fourth-order valence-electron chi connectivity index (χ4n) is 2.38. The number of halogens is 4. The Bertz CT molecular complexity index is 748. The Labute approximate surface area is 173 Å². The van der Waals surface area contributed by atoms with E-state index in [0.717, 1.165) is 5.69 Å². The van der Waals surface area contributed by atoms with Crippen molar-refractivity contribution in [3.05, 3.63) is 47.9 Å². The number of nitrogens with zero attached hydrogens (tertiary/aromatic N) is 4. The number of ether oxygens (including phenoxy) is 1. The van der Waals surface area contributed by atoms with Crippen LogP contribution in [0.3, 0.4) is 0 Å². The molecule has 0 aromatic carbocycles. The number of alkyl halides is 3. The molecule has 0 aliphatic carbocycles. The van der Waals surface area contributed by atoms with Crippen LogP contribution in [0.15, 0.2) is 41.7 Å². The van der Waals surface area contributed by atoms with Gasteiger partial charge >= 0.3 is 6.18 Å². The zero-order valence-electron chi connectivity index (χ0n) is 15.3. The van der Waals surface area contributed by atoms with Gasteiger partial charge in [0, 0.05) is 51.3 Å². The van der Waals surface area contributed by atoms with Gasteiger partial charge in [-0.15, -0.1) is 24.0 Å². The van der Waals surface area contributed by atoms with Gasteiger partial charge in [-0.1, -0.05) is 6.07 Å². The molecule has 0 amide bonds. The van der Waals surface area contributed by atoms with Gasteiger partial charge in [0.05, 0.1) is 6.54 Å². The van der Waals surface area contributed by atoms with Gasteiger partial charge in [0.2, 0.25) is 5.88 Å². The number of guanidine groups is 1. The lowest BCUT2D eigenvalue weighted by atomic mass is 10.2. The van der Waals surface area contributed by atoms with E-state index >= 15 is 0 Å². The first-order valence-corrected chi connectivity index (χ1v) is 7.95. The molecule has 2 heterocycles. The van der Waals surface area contributed by atoms with E-state index in [1.807, 2.05) is 41.9 Å². The third-order valence-electron chi connectivity index (χ3n) is 3.68. The molecule has 0 unspecified atom stereocenters. The van der Waals surface area contributed by atoms with E-state index in [4.69, 9.17) is 4.74 Å². The van der Waals surface area contributed by atoms with Gasteiger partial charge in [0.25, 0.3) is 0 Å². The van der Waals surface area contributed by atoms with Crippen LogP contribution < -0.4 is 10.1 Å². The highest BCUT2D eigenvalue weighted by Crippen LogP contribution is 2.19. The van der Waals surface area contributed by atoms with E-state index in [0.29, 0.717) is 18.1 Å². The lowest BCUT2D eigenvalue weighted by Gasteiger charge is -2.22. The summed E-state index contributed by atoms with van der Waals surface area (Å²) < 4.78 is 43.9. The van der Waals surface area contributed by atoms with Crippen molar-refractivity contribution in [2.24, 2.45) is 12.0 Å². The Morgan fingerprint density at radius 3 is 2.67 bits per heavy atom. The van der Waals surface area contributed by atoms with E-state index in [1.54, 1.807) is 19.2 Å². The van der Waals surface area contributed by atoms with Gasteiger partial charge in [0.15, 0.2) is 12.6 Å². The Morgan fingerprint density at radius 2 is 2.07 bits per heavy atom. The normalized spacial score (nSPS) is 11.7. The van der Waals surface area contributed by atoms with Crippen molar-refractivity contribution in [1.29, 1.82) is 0 Å². The zero-order chi connectivity index (χ0) is 19.2. The maximum Gasteiger partial charge on any atom is 0.422 e. The van der Waals surface area contributed by atoms with Gasteiger partial charge in [-0.3, -0.25) is 4.99 Å². The summed E-state index contributed by atoms with van der Waals surface area (Å²) in [6, 6.07) is 7.28. The van der Waals surface area contributed by atoms with Gasteiger partial charge in [0.1, 0.15) is 0 Å². The fraction of sp³-hybridized carbons (Fsp3) is 0.412. The highest BCUT2D eigenvalue weighted by Gasteiger charge is 2.29. The van der Waals surface area contributed by atoms with E-state index in [-0.39, 0.29) is 36.4 Å². The van der Waals surface area contributed by atoms with Crippen LogP contribution in [0.25, 0.3) is 0 Å². The van der Waals surface area contributed by atoms with Crippen molar-refractivity contribution in [3.63, 3.8) is 0 Å². The van der Waals surface area contributed by atoms with Gasteiger partial charge in [-0.2, -0.15) is 13.2 Å². The van der Waals surface area contributed by atoms with Gasteiger partial charge in [-0.05, 0) is 18.2 Å². The standard InChI is InChI=1S/C17H22F3N5O.HI/c1-21-16(25(3)11-14-7-5-9-24(14)2)23-10-13-6-4-8-22-15(13)26-12-17(18,19)20;/h4-9H,10-12H2,1-3H3,(H,21,23);1H. The summed E-state index contributed by atoms with van der Waals surface area (Å²) in [6.07, 6.45) is -1.06. The van der Waals surface area contributed by atoms with Crippen molar-refractivity contribution < 1.29 is 17.9 Å². The highest BCUT2D eigenvalue weighted by atomic mass is 127. The van der Waals surface area contributed by atoms with E-state index < -0.39 is 12.8 Å². The lowest BCUT2D eigenvalue weighted by molar-refractivity contribution is -0.154. The number of aliphatic imine (C=N–C) groups is 1. The lowest BCUT2D eigenvalue weighted by Crippen LogP contribution is -2.38. The minimum absolute atomic E-state index is 0. The summed E-state index contributed by atoms with van der Waals surface area (Å²) in [5.41, 5.74) is 1.62. The van der Waals surface area contributed by atoms with Crippen LogP contribution in [0.1, 0.15) is 11.3 Å². The number of nitrogens with one attached hydrogen (secondary N) is 1. The van der Waals surface area contributed by atoms with Crippen molar-refractivity contribution in [3.8, 4) is 5.88 Å². The van der Waals surface area contributed by atoms with E-state index in [2.05, 4.69) is 15.3 Å². The van der Waals surface area contributed by atoms with E-state index in [9.17, 15) is 13.2 Å². The monoisotopic (exact) mass is 497 g/mol. The summed E-state index contributed by atoms with van der Waals surface area (Å²) in [7, 11) is 5.49. The molecule has 6 nitrogen and oxygen atoms in total. The quantitative estimate of drug-likeness (QED) is 0.379. The van der Waals surface area contributed by atoms with Crippen LogP contribution in [0, 0.1) is 0 Å². The molecular weight excluding hydrogens is 474 g/mol. The second kappa shape index (κ2) is 10.4. The third kappa shape index (κ3) is 7.27. The molecule has 0 spiro atoms. The highest BCUT2D eigenvalue weighted by molar-refractivity contribution is 14.0. The average molecular weight is 497 g/mol. The van der Waals surface area contributed by atoms with E-state index in [1.165, 1.54) is 6.20 Å². The molecular formula is C17H23F3IN5O. The summed E-state index contributed by atoms with van der Waals surface area (Å²) in [5, 5.41) is 3.12. The molecule has 2 aromatic rings. The first kappa shape index (κ1) is 23.1. The summed E-state index contributed by atoms with van der Waals surface area (Å²) in [5.74, 6) is 0.565. The maximum atomic E-state index is 12.4. The molecule has 0 saturated carbocycles. The number of hydrogen-bond donors (Lipinski definition) is 1. The number of pyridine rings is 1. The van der Waals surface area contributed by atoms with Gasteiger partial charge < -0.3 is 19.5 Å². The topological polar surface area (TPSA) is 54.7 Å². The minimum Gasteiger partial charge on any atom is -0.468 e. The fourth-order valence-corrected chi connectivity index (χ4v) is 2.38. The second-order valence-corrected chi connectivity index (χ2v) is 5.74. The number of hydrogen-bond acceptors (Lipinski definition) is 3. The Hall–Kier alpha value is -1.98.